The Morgan fingerprint density at radius 2 is 1.69 bits per heavy atom. The lowest BCUT2D eigenvalue weighted by Gasteiger charge is -2.41. The first kappa shape index (κ1) is 26.5. The molecule has 1 atom stereocenters. The number of anilines is 2. The highest BCUT2D eigenvalue weighted by atomic mass is 79.9. The number of para-hydroxylation sites is 1. The van der Waals surface area contributed by atoms with Crippen molar-refractivity contribution in [3.63, 3.8) is 0 Å². The third-order valence-corrected chi connectivity index (χ3v) is 9.47. The predicted molar refractivity (Wildman–Crippen MR) is 148 cm³/mol. The smallest absolute Gasteiger partial charge is 0.246 e. The van der Waals surface area contributed by atoms with Gasteiger partial charge < -0.3 is 14.4 Å². The molecular formula is C28H33BrN2O4S. The molecule has 0 N–H and O–H groups in total. The molecule has 1 heterocycles. The van der Waals surface area contributed by atoms with Gasteiger partial charge >= 0.3 is 0 Å². The topological polar surface area (TPSA) is 59.1 Å². The van der Waals surface area contributed by atoms with Crippen molar-refractivity contribution in [2.24, 2.45) is 0 Å². The summed E-state index contributed by atoms with van der Waals surface area (Å²) >= 11 is 3.58. The lowest BCUT2D eigenvalue weighted by molar-refractivity contribution is 0.191. The molecule has 8 heteroatoms. The molecule has 0 saturated heterocycles. The summed E-state index contributed by atoms with van der Waals surface area (Å²) in [6.45, 7) is 4.97. The summed E-state index contributed by atoms with van der Waals surface area (Å²) in [5.41, 5.74) is 1.82. The van der Waals surface area contributed by atoms with Gasteiger partial charge in [0, 0.05) is 24.8 Å². The van der Waals surface area contributed by atoms with E-state index in [1.54, 1.807) is 24.6 Å². The molecule has 0 fully saturated rings. The summed E-state index contributed by atoms with van der Waals surface area (Å²) in [5.74, 6) is 1.22. The maximum Gasteiger partial charge on any atom is 0.246 e. The van der Waals surface area contributed by atoms with E-state index in [0.717, 1.165) is 36.3 Å². The number of benzene rings is 3. The predicted octanol–water partition coefficient (Wildman–Crippen LogP) is 6.76. The quantitative estimate of drug-likeness (QED) is 0.298. The summed E-state index contributed by atoms with van der Waals surface area (Å²) in [5, 5.41) is 0. The van der Waals surface area contributed by atoms with Crippen molar-refractivity contribution in [1.29, 1.82) is 0 Å². The van der Waals surface area contributed by atoms with E-state index in [2.05, 4.69) is 34.7 Å². The van der Waals surface area contributed by atoms with E-state index < -0.39 is 15.6 Å². The lowest BCUT2D eigenvalue weighted by atomic mass is 9.92. The van der Waals surface area contributed by atoms with Gasteiger partial charge in [-0.15, -0.1) is 0 Å². The number of hydrogen-bond acceptors (Lipinski definition) is 5. The minimum Gasteiger partial charge on any atom is -0.497 e. The molecule has 3 aromatic carbocycles. The van der Waals surface area contributed by atoms with Crippen molar-refractivity contribution in [3.05, 3.63) is 76.8 Å². The first-order valence-electron chi connectivity index (χ1n) is 12.1. The Hall–Kier alpha value is -2.55. The zero-order chi connectivity index (χ0) is 25.9. The fraction of sp³-hybridized carbons (Fsp3) is 0.357. The van der Waals surface area contributed by atoms with Crippen LogP contribution in [0.3, 0.4) is 0 Å². The van der Waals surface area contributed by atoms with Crippen LogP contribution in [0.1, 0.15) is 38.7 Å². The molecule has 36 heavy (non-hydrogen) atoms. The Morgan fingerprint density at radius 1 is 1.00 bits per heavy atom. The van der Waals surface area contributed by atoms with Crippen molar-refractivity contribution >= 4 is 37.3 Å². The molecule has 0 bridgehead atoms. The van der Waals surface area contributed by atoms with Crippen LogP contribution in [0.4, 0.5) is 11.4 Å². The molecule has 0 amide bonds. The minimum absolute atomic E-state index is 0.236. The van der Waals surface area contributed by atoms with E-state index in [1.165, 1.54) is 0 Å². The molecule has 192 valence electrons. The van der Waals surface area contributed by atoms with Gasteiger partial charge in [0.1, 0.15) is 16.4 Å². The highest BCUT2D eigenvalue weighted by molar-refractivity contribution is 9.10. The average Bonchev–Trinajstić information content (AvgIpc) is 2.95. The summed E-state index contributed by atoms with van der Waals surface area (Å²) in [4.78, 5) is 2.36. The molecule has 0 aromatic heterocycles. The second-order valence-electron chi connectivity index (χ2n) is 9.34. The number of halogens is 1. The van der Waals surface area contributed by atoms with Crippen LogP contribution in [0, 0.1) is 0 Å². The van der Waals surface area contributed by atoms with Gasteiger partial charge in [-0.3, -0.25) is 0 Å². The van der Waals surface area contributed by atoms with E-state index in [0.29, 0.717) is 22.5 Å². The van der Waals surface area contributed by atoms with Crippen LogP contribution in [0.5, 0.6) is 11.5 Å². The van der Waals surface area contributed by atoms with E-state index in [1.807, 2.05) is 60.7 Å². The van der Waals surface area contributed by atoms with Gasteiger partial charge in [0.05, 0.1) is 29.9 Å². The first-order chi connectivity index (χ1) is 17.2. The lowest BCUT2D eigenvalue weighted by Crippen LogP contribution is -2.53. The van der Waals surface area contributed by atoms with Gasteiger partial charge in [0.25, 0.3) is 0 Å². The third kappa shape index (κ3) is 5.12. The molecule has 3 aromatic rings. The zero-order valence-electron chi connectivity index (χ0n) is 21.2. The van der Waals surface area contributed by atoms with Crippen molar-refractivity contribution < 1.29 is 17.9 Å². The Kier molecular flexibility index (Phi) is 7.97. The number of nitrogens with zero attached hydrogens (tertiary/aromatic N) is 2. The summed E-state index contributed by atoms with van der Waals surface area (Å²) in [7, 11) is -0.733. The van der Waals surface area contributed by atoms with E-state index >= 15 is 0 Å². The van der Waals surface area contributed by atoms with Crippen molar-refractivity contribution in [2.75, 3.05) is 25.7 Å². The molecule has 6 nitrogen and oxygen atoms in total. The second-order valence-corrected chi connectivity index (χ2v) is 12.0. The summed E-state index contributed by atoms with van der Waals surface area (Å²) < 4.78 is 42.2. The van der Waals surface area contributed by atoms with Gasteiger partial charge in [-0.25, -0.2) is 8.42 Å². The minimum atomic E-state index is -3.90. The molecule has 4 rings (SSSR count). The van der Waals surface area contributed by atoms with Crippen molar-refractivity contribution in [2.45, 2.75) is 50.1 Å². The standard InChI is InChI=1S/C28H33BrN2O4S/c1-5-6-16-28(2)20-30(22-10-8-7-9-11-22)25-17-24(29)26(35-4)18-27(25)36(32,33)31(28)19-21-12-14-23(34-3)15-13-21/h7-15,17-18H,5-6,16,19-20H2,1-4H3. The summed E-state index contributed by atoms with van der Waals surface area (Å²) in [6.07, 6.45) is 2.62. The number of ether oxygens (including phenoxy) is 2. The maximum absolute atomic E-state index is 14.5. The Balaban J connectivity index is 1.94. The maximum atomic E-state index is 14.5. The molecule has 0 saturated carbocycles. The van der Waals surface area contributed by atoms with Crippen LogP contribution in [0.2, 0.25) is 0 Å². The number of methoxy groups -OCH3 is 2. The first-order valence-corrected chi connectivity index (χ1v) is 14.3. The van der Waals surface area contributed by atoms with Crippen LogP contribution in [0.15, 0.2) is 76.1 Å². The van der Waals surface area contributed by atoms with E-state index in [-0.39, 0.29) is 11.4 Å². The monoisotopic (exact) mass is 572 g/mol. The van der Waals surface area contributed by atoms with Crippen LogP contribution in [0.25, 0.3) is 0 Å². The van der Waals surface area contributed by atoms with Crippen LogP contribution < -0.4 is 14.4 Å². The third-order valence-electron chi connectivity index (χ3n) is 6.82. The van der Waals surface area contributed by atoms with Gasteiger partial charge in [-0.2, -0.15) is 4.31 Å². The fourth-order valence-electron chi connectivity index (χ4n) is 4.78. The number of sulfonamides is 1. The molecule has 1 aliphatic heterocycles. The Bertz CT molecular complexity index is 1300. The van der Waals surface area contributed by atoms with E-state index in [9.17, 15) is 8.42 Å². The second kappa shape index (κ2) is 10.8. The van der Waals surface area contributed by atoms with Gasteiger partial charge in [0.15, 0.2) is 0 Å². The molecule has 1 unspecified atom stereocenters. The highest BCUT2D eigenvalue weighted by Crippen LogP contribution is 2.46. The average molecular weight is 574 g/mol. The molecule has 1 aliphatic rings. The van der Waals surface area contributed by atoms with Crippen LogP contribution in [-0.4, -0.2) is 39.0 Å². The molecule has 0 aliphatic carbocycles. The SMILES string of the molecule is CCCCC1(C)CN(c2ccccc2)c2cc(Br)c(OC)cc2S(=O)(=O)N1Cc1ccc(OC)cc1. The molecule has 0 spiro atoms. The normalized spacial score (nSPS) is 19.4. The largest absolute Gasteiger partial charge is 0.497 e. The Labute approximate surface area is 223 Å². The van der Waals surface area contributed by atoms with Crippen LogP contribution >= 0.6 is 15.9 Å². The van der Waals surface area contributed by atoms with Gasteiger partial charge in [-0.05, 0) is 65.2 Å². The van der Waals surface area contributed by atoms with Crippen molar-refractivity contribution in [3.8, 4) is 11.5 Å². The number of hydrogen-bond donors (Lipinski definition) is 0. The van der Waals surface area contributed by atoms with Crippen molar-refractivity contribution in [1.82, 2.24) is 4.31 Å². The molecular weight excluding hydrogens is 540 g/mol. The molecule has 0 radical (unpaired) electrons. The highest BCUT2D eigenvalue weighted by Gasteiger charge is 2.46. The summed E-state index contributed by atoms with van der Waals surface area (Å²) in [6, 6.07) is 21.1. The number of rotatable bonds is 8. The van der Waals surface area contributed by atoms with Crippen LogP contribution in [-0.2, 0) is 16.6 Å². The van der Waals surface area contributed by atoms with Gasteiger partial charge in [-0.1, -0.05) is 50.1 Å². The number of unbranched alkanes of at least 4 members (excludes halogenated alkanes) is 1. The zero-order valence-corrected chi connectivity index (χ0v) is 23.6. The van der Waals surface area contributed by atoms with E-state index in [4.69, 9.17) is 9.47 Å². The Morgan fingerprint density at radius 3 is 2.31 bits per heavy atom. The fourth-order valence-corrected chi connectivity index (χ4v) is 7.25. The number of fused-ring (bicyclic) bond motifs is 1. The van der Waals surface area contributed by atoms with Gasteiger partial charge in [0.2, 0.25) is 10.0 Å².